The van der Waals surface area contributed by atoms with Crippen LogP contribution in [0.2, 0.25) is 5.02 Å². The quantitative estimate of drug-likeness (QED) is 0.536. The molecule has 1 N–H and O–H groups in total. The van der Waals surface area contributed by atoms with Crippen LogP contribution in [0.25, 0.3) is 6.08 Å². The van der Waals surface area contributed by atoms with Gasteiger partial charge in [0.05, 0.1) is 0 Å². The first-order valence-electron chi connectivity index (χ1n) is 5.92. The zero-order valence-corrected chi connectivity index (χ0v) is 12.1. The summed E-state index contributed by atoms with van der Waals surface area (Å²) in [5.74, 6) is 0. The number of allylic oxidation sites excluding steroid dienone is 3. The smallest absolute Gasteiger partial charge is 0.0453 e. The van der Waals surface area contributed by atoms with Crippen LogP contribution in [0, 0.1) is 12.3 Å². The molecule has 0 aliphatic heterocycles. The van der Waals surface area contributed by atoms with Crippen molar-refractivity contribution in [3.05, 3.63) is 51.0 Å². The monoisotopic (exact) mass is 281 g/mol. The van der Waals surface area contributed by atoms with Crippen molar-refractivity contribution in [3.8, 4) is 0 Å². The molecule has 0 unspecified atom stereocenters. The van der Waals surface area contributed by atoms with E-state index in [0.29, 0.717) is 15.6 Å². The first kappa shape index (κ1) is 15.0. The summed E-state index contributed by atoms with van der Waals surface area (Å²) in [4.78, 5) is 0. The Morgan fingerprint density at radius 3 is 2.72 bits per heavy atom. The highest BCUT2D eigenvalue weighted by molar-refractivity contribution is 6.35. The Hall–Kier alpha value is -1.05. The summed E-state index contributed by atoms with van der Waals surface area (Å²) in [6, 6.07) is 5.69. The summed E-state index contributed by atoms with van der Waals surface area (Å²) < 4.78 is 0. The maximum absolute atomic E-state index is 7.45. The van der Waals surface area contributed by atoms with Crippen LogP contribution in [0.3, 0.4) is 0 Å². The molecular formula is C15H17Cl2N. The normalized spacial score (nSPS) is 12.7. The third-order valence-corrected chi connectivity index (χ3v) is 3.20. The Balaban J connectivity index is 3.11. The van der Waals surface area contributed by atoms with Gasteiger partial charge in [-0.2, -0.15) is 0 Å². The fourth-order valence-corrected chi connectivity index (χ4v) is 1.90. The molecule has 0 saturated carbocycles. The van der Waals surface area contributed by atoms with E-state index >= 15 is 0 Å². The molecule has 0 aromatic heterocycles. The van der Waals surface area contributed by atoms with Gasteiger partial charge in [-0.3, -0.25) is 0 Å². The highest BCUT2D eigenvalue weighted by Gasteiger charge is 2.02. The average Bonchev–Trinajstić information content (AvgIpc) is 2.36. The van der Waals surface area contributed by atoms with Crippen LogP contribution in [0.5, 0.6) is 0 Å². The Morgan fingerprint density at radius 1 is 1.39 bits per heavy atom. The zero-order chi connectivity index (χ0) is 13.5. The Morgan fingerprint density at radius 2 is 2.11 bits per heavy atom. The standard InChI is InChI=1S/C15H17Cl2N/c1-3-4-5-15(17)13(10-18)8-12-9-14(16)7-6-11(12)2/h5-10,18H,3-4H2,1-2H3/b13-8-,15-5-,18-10?. The van der Waals surface area contributed by atoms with Gasteiger partial charge in [0, 0.05) is 21.8 Å². The molecule has 0 spiro atoms. The molecule has 0 fully saturated rings. The van der Waals surface area contributed by atoms with Crippen molar-refractivity contribution in [3.63, 3.8) is 0 Å². The molecule has 3 heteroatoms. The fourth-order valence-electron chi connectivity index (χ4n) is 1.50. The molecule has 0 radical (unpaired) electrons. The minimum Gasteiger partial charge on any atom is -0.308 e. The summed E-state index contributed by atoms with van der Waals surface area (Å²) >= 11 is 12.1. The van der Waals surface area contributed by atoms with Gasteiger partial charge < -0.3 is 5.41 Å². The van der Waals surface area contributed by atoms with Crippen molar-refractivity contribution in [2.45, 2.75) is 26.7 Å². The van der Waals surface area contributed by atoms with Crippen LogP contribution in [0.15, 0.2) is 34.9 Å². The number of halogens is 2. The van der Waals surface area contributed by atoms with Crippen molar-refractivity contribution in [2.75, 3.05) is 0 Å². The van der Waals surface area contributed by atoms with E-state index < -0.39 is 0 Å². The summed E-state index contributed by atoms with van der Waals surface area (Å²) in [5.41, 5.74) is 2.80. The van der Waals surface area contributed by atoms with Crippen LogP contribution < -0.4 is 0 Å². The van der Waals surface area contributed by atoms with E-state index in [2.05, 4.69) is 6.92 Å². The van der Waals surface area contributed by atoms with Gasteiger partial charge in [-0.1, -0.05) is 48.7 Å². The highest BCUT2D eigenvalue weighted by atomic mass is 35.5. The van der Waals surface area contributed by atoms with Crippen LogP contribution in [0.1, 0.15) is 30.9 Å². The van der Waals surface area contributed by atoms with Crippen LogP contribution >= 0.6 is 23.2 Å². The molecule has 1 rings (SSSR count). The molecule has 1 aromatic rings. The molecular weight excluding hydrogens is 265 g/mol. The van der Waals surface area contributed by atoms with Gasteiger partial charge in [-0.15, -0.1) is 0 Å². The molecule has 1 aromatic carbocycles. The van der Waals surface area contributed by atoms with Gasteiger partial charge in [-0.05, 0) is 42.7 Å². The molecule has 18 heavy (non-hydrogen) atoms. The zero-order valence-electron chi connectivity index (χ0n) is 10.6. The maximum Gasteiger partial charge on any atom is 0.0453 e. The highest BCUT2D eigenvalue weighted by Crippen LogP contribution is 2.22. The lowest BCUT2D eigenvalue weighted by atomic mass is 10.1. The summed E-state index contributed by atoms with van der Waals surface area (Å²) in [7, 11) is 0. The molecule has 0 aliphatic carbocycles. The van der Waals surface area contributed by atoms with Gasteiger partial charge in [0.1, 0.15) is 0 Å². The molecule has 0 heterocycles. The van der Waals surface area contributed by atoms with Crippen molar-refractivity contribution < 1.29 is 0 Å². The largest absolute Gasteiger partial charge is 0.308 e. The number of hydrogen-bond donors (Lipinski definition) is 1. The van der Waals surface area contributed by atoms with E-state index in [1.807, 2.05) is 37.3 Å². The van der Waals surface area contributed by atoms with Gasteiger partial charge in [-0.25, -0.2) is 0 Å². The number of nitrogens with one attached hydrogen (secondary N) is 1. The van der Waals surface area contributed by atoms with Crippen molar-refractivity contribution in [1.82, 2.24) is 0 Å². The van der Waals surface area contributed by atoms with Crippen molar-refractivity contribution >= 4 is 35.5 Å². The second-order valence-corrected chi connectivity index (χ2v) is 4.93. The lowest BCUT2D eigenvalue weighted by Crippen LogP contribution is -1.88. The Labute approximate surface area is 119 Å². The van der Waals surface area contributed by atoms with Gasteiger partial charge >= 0.3 is 0 Å². The number of rotatable bonds is 5. The summed E-state index contributed by atoms with van der Waals surface area (Å²) in [6.45, 7) is 4.10. The third-order valence-electron chi connectivity index (χ3n) is 2.60. The second kappa shape index (κ2) is 7.40. The van der Waals surface area contributed by atoms with Gasteiger partial charge in [0.15, 0.2) is 0 Å². The number of benzene rings is 1. The SMILES string of the molecule is CCC/C=C(Cl)/C(C=N)=C\c1cc(Cl)ccc1C. The Bertz CT molecular complexity index is 487. The lowest BCUT2D eigenvalue weighted by molar-refractivity contribution is 0.957. The fraction of sp³-hybridized carbons (Fsp3) is 0.267. The number of aryl methyl sites for hydroxylation is 1. The van der Waals surface area contributed by atoms with E-state index in [-0.39, 0.29) is 0 Å². The van der Waals surface area contributed by atoms with E-state index in [0.717, 1.165) is 24.0 Å². The lowest BCUT2D eigenvalue weighted by Gasteiger charge is -2.04. The van der Waals surface area contributed by atoms with E-state index in [9.17, 15) is 0 Å². The minimum atomic E-state index is 0.617. The number of unbranched alkanes of at least 4 members (excludes halogenated alkanes) is 1. The van der Waals surface area contributed by atoms with E-state index in [1.54, 1.807) is 0 Å². The summed E-state index contributed by atoms with van der Waals surface area (Å²) in [5, 5.41) is 8.75. The predicted octanol–water partition coefficient (Wildman–Crippen LogP) is 5.60. The molecule has 0 atom stereocenters. The minimum absolute atomic E-state index is 0.617. The number of hydrogen-bond acceptors (Lipinski definition) is 1. The molecule has 0 bridgehead atoms. The van der Waals surface area contributed by atoms with E-state index in [1.165, 1.54) is 6.21 Å². The molecule has 96 valence electrons. The third kappa shape index (κ3) is 4.32. The van der Waals surface area contributed by atoms with Crippen LogP contribution in [0.4, 0.5) is 0 Å². The molecule has 1 nitrogen and oxygen atoms in total. The Kier molecular flexibility index (Phi) is 6.17. The molecule has 0 saturated heterocycles. The second-order valence-electron chi connectivity index (χ2n) is 4.09. The van der Waals surface area contributed by atoms with Crippen LogP contribution in [-0.4, -0.2) is 6.21 Å². The van der Waals surface area contributed by atoms with Crippen molar-refractivity contribution in [2.24, 2.45) is 0 Å². The molecule has 0 amide bonds. The maximum atomic E-state index is 7.45. The summed E-state index contributed by atoms with van der Waals surface area (Å²) in [6.07, 6.45) is 7.06. The first-order chi connectivity index (χ1) is 8.58. The average molecular weight is 282 g/mol. The van der Waals surface area contributed by atoms with Gasteiger partial charge in [0.2, 0.25) is 0 Å². The first-order valence-corrected chi connectivity index (χ1v) is 6.68. The topological polar surface area (TPSA) is 23.9 Å². The predicted molar refractivity (Wildman–Crippen MR) is 81.8 cm³/mol. The van der Waals surface area contributed by atoms with Crippen LogP contribution in [-0.2, 0) is 0 Å². The molecule has 0 aliphatic rings. The van der Waals surface area contributed by atoms with Gasteiger partial charge in [0.25, 0.3) is 0 Å². The van der Waals surface area contributed by atoms with Crippen molar-refractivity contribution in [1.29, 1.82) is 5.41 Å². The van der Waals surface area contributed by atoms with E-state index in [4.69, 9.17) is 28.6 Å².